The summed E-state index contributed by atoms with van der Waals surface area (Å²) in [6.45, 7) is 3.96. The summed E-state index contributed by atoms with van der Waals surface area (Å²) in [5.41, 5.74) is 0. The Hall–Kier alpha value is -0.610. The molecule has 0 aliphatic rings. The highest BCUT2D eigenvalue weighted by Crippen LogP contribution is 1.89. The first-order chi connectivity index (χ1) is 5.72. The molecule has 0 heterocycles. The van der Waals surface area contributed by atoms with Crippen LogP contribution in [-0.4, -0.2) is 51.3 Å². The number of carbonyl (C=O) groups excluding carboxylic acids is 1. The van der Waals surface area contributed by atoms with Gasteiger partial charge in [0, 0.05) is 34.2 Å². The number of hydrogen-bond donors (Lipinski definition) is 0. The quantitative estimate of drug-likeness (QED) is 0.576. The Kier molecular flexibility index (Phi) is 6.70. The summed E-state index contributed by atoms with van der Waals surface area (Å²) in [6, 6.07) is 0. The summed E-state index contributed by atoms with van der Waals surface area (Å²) >= 11 is 0. The van der Waals surface area contributed by atoms with E-state index in [0.29, 0.717) is 26.3 Å². The number of hydrogen-bond acceptors (Lipinski definition) is 3. The molecule has 4 nitrogen and oxygen atoms in total. The van der Waals surface area contributed by atoms with Crippen LogP contribution in [0.5, 0.6) is 0 Å². The average molecular weight is 175 g/mol. The maximum Gasteiger partial charge on any atom is 0.219 e. The van der Waals surface area contributed by atoms with Crippen LogP contribution >= 0.6 is 0 Å². The van der Waals surface area contributed by atoms with Gasteiger partial charge in [-0.15, -0.1) is 0 Å². The van der Waals surface area contributed by atoms with Crippen LogP contribution in [0.25, 0.3) is 0 Å². The van der Waals surface area contributed by atoms with Crippen LogP contribution in [0.1, 0.15) is 6.92 Å². The Labute approximate surface area is 73.4 Å². The van der Waals surface area contributed by atoms with E-state index in [9.17, 15) is 4.79 Å². The molecule has 12 heavy (non-hydrogen) atoms. The molecule has 0 bridgehead atoms. The minimum Gasteiger partial charge on any atom is -0.383 e. The van der Waals surface area contributed by atoms with Crippen molar-refractivity contribution in [2.45, 2.75) is 6.92 Å². The summed E-state index contributed by atoms with van der Waals surface area (Å²) < 4.78 is 9.74. The lowest BCUT2D eigenvalue weighted by Gasteiger charge is -2.19. The molecule has 0 aromatic carbocycles. The van der Waals surface area contributed by atoms with Crippen LogP contribution in [0.2, 0.25) is 0 Å². The van der Waals surface area contributed by atoms with Gasteiger partial charge in [0.25, 0.3) is 0 Å². The number of ether oxygens (including phenoxy) is 2. The highest BCUT2D eigenvalue weighted by molar-refractivity contribution is 5.73. The lowest BCUT2D eigenvalue weighted by atomic mass is 10.4. The van der Waals surface area contributed by atoms with Gasteiger partial charge in [0.05, 0.1) is 13.2 Å². The Balaban J connectivity index is 3.62. The molecule has 72 valence electrons. The molecule has 0 saturated carbocycles. The van der Waals surface area contributed by atoms with Crippen molar-refractivity contribution in [2.75, 3.05) is 40.5 Å². The zero-order chi connectivity index (χ0) is 9.40. The lowest BCUT2D eigenvalue weighted by Crippen LogP contribution is -2.34. The van der Waals surface area contributed by atoms with E-state index in [2.05, 4.69) is 0 Å². The molecular weight excluding hydrogens is 158 g/mol. The van der Waals surface area contributed by atoms with Gasteiger partial charge >= 0.3 is 0 Å². The van der Waals surface area contributed by atoms with Gasteiger partial charge < -0.3 is 14.4 Å². The fourth-order valence-corrected chi connectivity index (χ4v) is 0.830. The van der Waals surface area contributed by atoms with Crippen LogP contribution in [0.3, 0.4) is 0 Å². The van der Waals surface area contributed by atoms with Crippen molar-refractivity contribution in [2.24, 2.45) is 0 Å². The Morgan fingerprint density at radius 1 is 1.17 bits per heavy atom. The molecule has 0 aromatic rings. The summed E-state index contributed by atoms with van der Waals surface area (Å²) in [7, 11) is 3.24. The Morgan fingerprint density at radius 2 is 1.58 bits per heavy atom. The highest BCUT2D eigenvalue weighted by Gasteiger charge is 2.06. The molecule has 0 aliphatic heterocycles. The minimum absolute atomic E-state index is 0.0594. The second-order valence-corrected chi connectivity index (χ2v) is 2.49. The van der Waals surface area contributed by atoms with Crippen molar-refractivity contribution in [1.29, 1.82) is 0 Å². The second-order valence-electron chi connectivity index (χ2n) is 2.49. The molecule has 0 atom stereocenters. The van der Waals surface area contributed by atoms with Crippen LogP contribution < -0.4 is 0 Å². The van der Waals surface area contributed by atoms with E-state index in [4.69, 9.17) is 9.47 Å². The first-order valence-corrected chi connectivity index (χ1v) is 3.95. The second kappa shape index (κ2) is 7.06. The van der Waals surface area contributed by atoms with Gasteiger partial charge in [0.15, 0.2) is 0 Å². The van der Waals surface area contributed by atoms with Crippen molar-refractivity contribution in [3.8, 4) is 0 Å². The Bertz CT molecular complexity index is 119. The number of carbonyl (C=O) groups is 1. The van der Waals surface area contributed by atoms with Gasteiger partial charge in [0.1, 0.15) is 0 Å². The van der Waals surface area contributed by atoms with E-state index < -0.39 is 0 Å². The summed E-state index contributed by atoms with van der Waals surface area (Å²) in [5, 5.41) is 0. The summed E-state index contributed by atoms with van der Waals surface area (Å²) in [6.07, 6.45) is 0. The molecule has 0 fully saturated rings. The van der Waals surface area contributed by atoms with E-state index in [-0.39, 0.29) is 5.91 Å². The zero-order valence-corrected chi connectivity index (χ0v) is 8.00. The predicted molar refractivity (Wildman–Crippen MR) is 46.0 cm³/mol. The maximum atomic E-state index is 11.0. The average Bonchev–Trinajstić information content (AvgIpc) is 2.04. The van der Waals surface area contributed by atoms with Gasteiger partial charge in [-0.05, 0) is 0 Å². The number of rotatable bonds is 6. The maximum absolute atomic E-state index is 11.0. The fraction of sp³-hybridized carbons (Fsp3) is 0.875. The zero-order valence-electron chi connectivity index (χ0n) is 8.00. The molecule has 0 rings (SSSR count). The monoisotopic (exact) mass is 175 g/mol. The van der Waals surface area contributed by atoms with E-state index in [1.807, 2.05) is 0 Å². The Morgan fingerprint density at radius 3 is 1.83 bits per heavy atom. The number of amides is 1. The smallest absolute Gasteiger partial charge is 0.219 e. The molecule has 0 unspecified atom stereocenters. The van der Waals surface area contributed by atoms with Gasteiger partial charge in [-0.2, -0.15) is 0 Å². The normalized spacial score (nSPS) is 9.92. The van der Waals surface area contributed by atoms with Gasteiger partial charge in [0.2, 0.25) is 5.91 Å². The van der Waals surface area contributed by atoms with E-state index >= 15 is 0 Å². The largest absolute Gasteiger partial charge is 0.383 e. The van der Waals surface area contributed by atoms with E-state index in [1.165, 1.54) is 0 Å². The molecule has 4 heteroatoms. The molecule has 0 aliphatic carbocycles. The van der Waals surface area contributed by atoms with Crippen LogP contribution in [0.4, 0.5) is 0 Å². The third-order valence-electron chi connectivity index (χ3n) is 1.58. The SMILES string of the molecule is COCCN(CCOC)C(C)=O. The van der Waals surface area contributed by atoms with E-state index in [1.54, 1.807) is 26.0 Å². The lowest BCUT2D eigenvalue weighted by molar-refractivity contribution is -0.130. The van der Waals surface area contributed by atoms with E-state index in [0.717, 1.165) is 0 Å². The summed E-state index contributed by atoms with van der Waals surface area (Å²) in [4.78, 5) is 12.7. The molecule has 0 radical (unpaired) electrons. The van der Waals surface area contributed by atoms with Crippen LogP contribution in [0, 0.1) is 0 Å². The third kappa shape index (κ3) is 5.09. The minimum atomic E-state index is 0.0594. The van der Waals surface area contributed by atoms with Crippen LogP contribution in [0.15, 0.2) is 0 Å². The fourth-order valence-electron chi connectivity index (χ4n) is 0.830. The number of methoxy groups -OCH3 is 2. The predicted octanol–water partition coefficient (Wildman–Crippen LogP) is 0.128. The standard InChI is InChI=1S/C8H17NO3/c1-8(10)9(4-6-11-2)5-7-12-3/h4-7H2,1-3H3. The molecule has 0 spiro atoms. The first-order valence-electron chi connectivity index (χ1n) is 3.95. The van der Waals surface area contributed by atoms with Crippen molar-refractivity contribution < 1.29 is 14.3 Å². The third-order valence-corrected chi connectivity index (χ3v) is 1.58. The topological polar surface area (TPSA) is 38.8 Å². The van der Waals surface area contributed by atoms with Crippen molar-refractivity contribution >= 4 is 5.91 Å². The number of nitrogens with zero attached hydrogens (tertiary/aromatic N) is 1. The molecule has 0 N–H and O–H groups in total. The highest BCUT2D eigenvalue weighted by atomic mass is 16.5. The molecule has 0 saturated heterocycles. The first kappa shape index (κ1) is 11.4. The molecular formula is C8H17NO3. The van der Waals surface area contributed by atoms with Gasteiger partial charge in [-0.25, -0.2) is 0 Å². The van der Waals surface area contributed by atoms with Crippen molar-refractivity contribution in [3.05, 3.63) is 0 Å². The van der Waals surface area contributed by atoms with Crippen LogP contribution in [-0.2, 0) is 14.3 Å². The van der Waals surface area contributed by atoms with Gasteiger partial charge in [-0.1, -0.05) is 0 Å². The molecule has 0 aromatic heterocycles. The van der Waals surface area contributed by atoms with Crippen molar-refractivity contribution in [3.63, 3.8) is 0 Å². The summed E-state index contributed by atoms with van der Waals surface area (Å²) in [5.74, 6) is 0.0594. The van der Waals surface area contributed by atoms with Gasteiger partial charge in [-0.3, -0.25) is 4.79 Å². The van der Waals surface area contributed by atoms with Crippen molar-refractivity contribution in [1.82, 2.24) is 4.90 Å². The molecule has 1 amide bonds.